The Balaban J connectivity index is 0.00000243. The lowest BCUT2D eigenvalue weighted by atomic mass is 10.1. The third-order valence-electron chi connectivity index (χ3n) is 4.62. The summed E-state index contributed by atoms with van der Waals surface area (Å²) < 4.78 is 0. The SMILES string of the molecule is Cc1cc(C(=O)N2CCCC2)ccc1NC(=O)c1cc(N)ccc1C.Cl. The molecule has 0 aromatic heterocycles. The summed E-state index contributed by atoms with van der Waals surface area (Å²) >= 11 is 0. The first kappa shape index (κ1) is 19.8. The van der Waals surface area contributed by atoms with Crippen molar-refractivity contribution >= 4 is 35.6 Å². The number of anilines is 2. The van der Waals surface area contributed by atoms with Crippen molar-refractivity contribution in [1.82, 2.24) is 4.90 Å². The molecule has 1 heterocycles. The topological polar surface area (TPSA) is 75.4 Å². The minimum Gasteiger partial charge on any atom is -0.399 e. The Morgan fingerprint density at radius 1 is 1.00 bits per heavy atom. The zero-order chi connectivity index (χ0) is 18.0. The Labute approximate surface area is 160 Å². The van der Waals surface area contributed by atoms with Gasteiger partial charge in [-0.1, -0.05) is 6.07 Å². The van der Waals surface area contributed by atoms with Gasteiger partial charge in [0.2, 0.25) is 0 Å². The molecule has 0 aliphatic carbocycles. The lowest BCUT2D eigenvalue weighted by Crippen LogP contribution is -2.27. The van der Waals surface area contributed by atoms with Gasteiger partial charge in [0.1, 0.15) is 0 Å². The van der Waals surface area contributed by atoms with Crippen molar-refractivity contribution in [3.63, 3.8) is 0 Å². The number of nitrogens with one attached hydrogen (secondary N) is 1. The van der Waals surface area contributed by atoms with Crippen LogP contribution in [0, 0.1) is 13.8 Å². The van der Waals surface area contributed by atoms with Gasteiger partial charge in [-0.2, -0.15) is 0 Å². The molecule has 0 spiro atoms. The van der Waals surface area contributed by atoms with Gasteiger partial charge < -0.3 is 16.0 Å². The molecule has 1 aliphatic heterocycles. The molecule has 3 N–H and O–H groups in total. The molecule has 0 unspecified atom stereocenters. The highest BCUT2D eigenvalue weighted by atomic mass is 35.5. The third kappa shape index (κ3) is 4.17. The van der Waals surface area contributed by atoms with Crippen molar-refractivity contribution < 1.29 is 9.59 Å². The largest absolute Gasteiger partial charge is 0.399 e. The van der Waals surface area contributed by atoms with Crippen LogP contribution in [0.25, 0.3) is 0 Å². The molecule has 2 amide bonds. The average molecular weight is 374 g/mol. The number of nitrogens with two attached hydrogens (primary N) is 1. The molecule has 1 fully saturated rings. The number of carbonyl (C=O) groups excluding carboxylic acids is 2. The Bertz CT molecular complexity index is 830. The molecule has 2 aromatic carbocycles. The summed E-state index contributed by atoms with van der Waals surface area (Å²) in [5, 5.41) is 2.91. The summed E-state index contributed by atoms with van der Waals surface area (Å²) in [7, 11) is 0. The summed E-state index contributed by atoms with van der Waals surface area (Å²) in [5.74, 6) is -0.142. The maximum absolute atomic E-state index is 12.5. The Morgan fingerprint density at radius 2 is 1.69 bits per heavy atom. The van der Waals surface area contributed by atoms with Crippen molar-refractivity contribution in [2.24, 2.45) is 0 Å². The normalized spacial score (nSPS) is 13.2. The highest BCUT2D eigenvalue weighted by molar-refractivity contribution is 6.06. The van der Waals surface area contributed by atoms with Gasteiger partial charge in [-0.15, -0.1) is 12.4 Å². The fourth-order valence-corrected chi connectivity index (χ4v) is 3.11. The van der Waals surface area contributed by atoms with Crippen LogP contribution >= 0.6 is 12.4 Å². The van der Waals surface area contributed by atoms with Crippen molar-refractivity contribution in [2.45, 2.75) is 26.7 Å². The van der Waals surface area contributed by atoms with E-state index in [2.05, 4.69) is 5.32 Å². The van der Waals surface area contributed by atoms with Crippen LogP contribution in [0.1, 0.15) is 44.7 Å². The van der Waals surface area contributed by atoms with E-state index in [1.807, 2.05) is 30.9 Å². The van der Waals surface area contributed by atoms with E-state index in [1.54, 1.807) is 24.3 Å². The molecule has 0 atom stereocenters. The molecule has 0 bridgehead atoms. The predicted octanol–water partition coefficient (Wildman–Crippen LogP) is 3.80. The summed E-state index contributed by atoms with van der Waals surface area (Å²) in [6.07, 6.45) is 2.14. The van der Waals surface area contributed by atoms with Crippen LogP contribution in [-0.4, -0.2) is 29.8 Å². The third-order valence-corrected chi connectivity index (χ3v) is 4.62. The number of amides is 2. The molecule has 1 aliphatic rings. The number of nitrogen functional groups attached to an aromatic ring is 1. The predicted molar refractivity (Wildman–Crippen MR) is 107 cm³/mol. The number of hydrogen-bond acceptors (Lipinski definition) is 3. The summed E-state index contributed by atoms with van der Waals surface area (Å²) in [6, 6.07) is 10.7. The van der Waals surface area contributed by atoms with Crippen LogP contribution in [0.2, 0.25) is 0 Å². The van der Waals surface area contributed by atoms with E-state index in [0.29, 0.717) is 22.5 Å². The van der Waals surface area contributed by atoms with E-state index >= 15 is 0 Å². The molecule has 2 aromatic rings. The van der Waals surface area contributed by atoms with E-state index in [9.17, 15) is 9.59 Å². The van der Waals surface area contributed by atoms with Crippen molar-refractivity contribution in [3.8, 4) is 0 Å². The van der Waals surface area contributed by atoms with E-state index < -0.39 is 0 Å². The second-order valence-corrected chi connectivity index (χ2v) is 6.56. The van der Waals surface area contributed by atoms with Crippen molar-refractivity contribution in [2.75, 3.05) is 24.1 Å². The molecule has 3 rings (SSSR count). The number of carbonyl (C=O) groups is 2. The quantitative estimate of drug-likeness (QED) is 0.803. The number of halogens is 1. The Hall–Kier alpha value is -2.53. The van der Waals surface area contributed by atoms with E-state index in [1.165, 1.54) is 0 Å². The summed E-state index contributed by atoms with van der Waals surface area (Å²) in [5.41, 5.74) is 9.98. The number of aryl methyl sites for hydroxylation is 2. The first-order valence-electron chi connectivity index (χ1n) is 8.53. The molecule has 138 valence electrons. The van der Waals surface area contributed by atoms with Crippen LogP contribution in [-0.2, 0) is 0 Å². The minimum absolute atomic E-state index is 0. The van der Waals surface area contributed by atoms with Crippen LogP contribution in [0.4, 0.5) is 11.4 Å². The van der Waals surface area contributed by atoms with Crippen molar-refractivity contribution in [1.29, 1.82) is 0 Å². The maximum atomic E-state index is 12.5. The number of nitrogens with zero attached hydrogens (tertiary/aromatic N) is 1. The van der Waals surface area contributed by atoms with Crippen LogP contribution in [0.15, 0.2) is 36.4 Å². The number of rotatable bonds is 3. The van der Waals surface area contributed by atoms with E-state index in [-0.39, 0.29) is 24.2 Å². The van der Waals surface area contributed by atoms with Crippen LogP contribution < -0.4 is 11.1 Å². The molecule has 0 radical (unpaired) electrons. The smallest absolute Gasteiger partial charge is 0.256 e. The average Bonchev–Trinajstić information content (AvgIpc) is 3.12. The fourth-order valence-electron chi connectivity index (χ4n) is 3.11. The second kappa shape index (κ2) is 8.23. The van der Waals surface area contributed by atoms with Gasteiger partial charge in [0, 0.05) is 35.6 Å². The van der Waals surface area contributed by atoms with Crippen LogP contribution in [0.5, 0.6) is 0 Å². The maximum Gasteiger partial charge on any atom is 0.256 e. The highest BCUT2D eigenvalue weighted by Crippen LogP contribution is 2.21. The van der Waals surface area contributed by atoms with Crippen LogP contribution in [0.3, 0.4) is 0 Å². The van der Waals surface area contributed by atoms with Gasteiger partial charge in [0.25, 0.3) is 11.8 Å². The fraction of sp³-hybridized carbons (Fsp3) is 0.300. The number of benzene rings is 2. The standard InChI is InChI=1S/C20H23N3O2.ClH/c1-13-5-7-16(21)12-17(13)19(24)22-18-8-6-15(11-14(18)2)20(25)23-9-3-4-10-23;/h5-8,11-12H,3-4,9-10,21H2,1-2H3,(H,22,24);1H. The molecule has 6 heteroatoms. The van der Waals surface area contributed by atoms with Crippen molar-refractivity contribution in [3.05, 3.63) is 58.7 Å². The van der Waals surface area contributed by atoms with Gasteiger partial charge in [0.05, 0.1) is 0 Å². The Morgan fingerprint density at radius 3 is 2.35 bits per heavy atom. The van der Waals surface area contributed by atoms with E-state index in [4.69, 9.17) is 5.73 Å². The van der Waals surface area contributed by atoms with Gasteiger partial charge in [-0.3, -0.25) is 9.59 Å². The summed E-state index contributed by atoms with van der Waals surface area (Å²) in [6.45, 7) is 5.41. The number of hydrogen-bond donors (Lipinski definition) is 2. The lowest BCUT2D eigenvalue weighted by Gasteiger charge is -2.16. The monoisotopic (exact) mass is 373 g/mol. The van der Waals surface area contributed by atoms with Gasteiger partial charge in [0.15, 0.2) is 0 Å². The van der Waals surface area contributed by atoms with E-state index in [0.717, 1.165) is 37.1 Å². The Kier molecular flexibility index (Phi) is 6.27. The van der Waals surface area contributed by atoms with Gasteiger partial charge in [-0.25, -0.2) is 0 Å². The lowest BCUT2D eigenvalue weighted by molar-refractivity contribution is 0.0792. The minimum atomic E-state index is -0.202. The molecular weight excluding hydrogens is 350 g/mol. The molecule has 0 saturated carbocycles. The second-order valence-electron chi connectivity index (χ2n) is 6.56. The number of likely N-dealkylation sites (tertiary alicyclic amines) is 1. The molecular formula is C20H24ClN3O2. The first-order valence-corrected chi connectivity index (χ1v) is 8.53. The van der Waals surface area contributed by atoms with Gasteiger partial charge >= 0.3 is 0 Å². The zero-order valence-electron chi connectivity index (χ0n) is 15.0. The molecule has 5 nitrogen and oxygen atoms in total. The molecule has 1 saturated heterocycles. The first-order chi connectivity index (χ1) is 12.0. The highest BCUT2D eigenvalue weighted by Gasteiger charge is 2.20. The summed E-state index contributed by atoms with van der Waals surface area (Å²) in [4.78, 5) is 26.9. The zero-order valence-corrected chi connectivity index (χ0v) is 15.9. The van der Waals surface area contributed by atoms with Gasteiger partial charge in [-0.05, 0) is 68.1 Å². The molecule has 26 heavy (non-hydrogen) atoms.